The minimum absolute atomic E-state index is 0.0685. The lowest BCUT2D eigenvalue weighted by Gasteiger charge is -2.05. The van der Waals surface area contributed by atoms with Gasteiger partial charge in [0.1, 0.15) is 0 Å². The Morgan fingerprint density at radius 1 is 1.19 bits per heavy atom. The van der Waals surface area contributed by atoms with Gasteiger partial charge in [0, 0.05) is 11.6 Å². The molecule has 0 fully saturated rings. The Labute approximate surface area is 130 Å². The molecule has 0 unspecified atom stereocenters. The summed E-state index contributed by atoms with van der Waals surface area (Å²) in [6.07, 6.45) is 0. The second-order valence-corrected chi connectivity index (χ2v) is 7.11. The minimum atomic E-state index is 0.0685. The van der Waals surface area contributed by atoms with Crippen LogP contribution in [0.5, 0.6) is 0 Å². The molecule has 104 valence electrons. The Balaban J connectivity index is 2.09. The van der Waals surface area contributed by atoms with Gasteiger partial charge in [-0.2, -0.15) is 0 Å². The summed E-state index contributed by atoms with van der Waals surface area (Å²) in [5, 5.41) is 3.28. The molecule has 21 heavy (non-hydrogen) atoms. The van der Waals surface area contributed by atoms with Crippen LogP contribution >= 0.6 is 22.7 Å². The second-order valence-electron chi connectivity index (χ2n) is 5.11. The highest BCUT2D eigenvalue weighted by Crippen LogP contribution is 2.40. The molecular formula is C17H13NOS2. The quantitative estimate of drug-likeness (QED) is 0.451. The van der Waals surface area contributed by atoms with Gasteiger partial charge in [0.2, 0.25) is 5.91 Å². The normalized spacial score (nSPS) is 11.5. The average molecular weight is 311 g/mol. The van der Waals surface area contributed by atoms with E-state index in [0.717, 1.165) is 16.1 Å². The maximum Gasteiger partial charge on any atom is 0.228 e. The first kappa shape index (κ1) is 12.8. The standard InChI is InChI=1S/C17H13NOS2/c1-10-16(15-9-12-5-3-4-6-14(12)21-15)18(11(2)19)13-7-8-20-17(10)13/h3-9H,1-2H3. The van der Waals surface area contributed by atoms with E-state index in [1.165, 1.54) is 20.3 Å². The molecule has 0 radical (unpaired) electrons. The first-order valence-corrected chi connectivity index (χ1v) is 8.45. The fourth-order valence-electron chi connectivity index (χ4n) is 2.88. The van der Waals surface area contributed by atoms with Crippen molar-refractivity contribution in [1.29, 1.82) is 0 Å². The number of hydrogen-bond donors (Lipinski definition) is 0. The van der Waals surface area contributed by atoms with Crippen molar-refractivity contribution in [2.75, 3.05) is 0 Å². The van der Waals surface area contributed by atoms with Gasteiger partial charge >= 0.3 is 0 Å². The van der Waals surface area contributed by atoms with Crippen molar-refractivity contribution in [2.24, 2.45) is 0 Å². The molecule has 4 aromatic rings. The smallest absolute Gasteiger partial charge is 0.228 e. The van der Waals surface area contributed by atoms with Crippen LogP contribution in [0.1, 0.15) is 17.3 Å². The van der Waals surface area contributed by atoms with Crippen molar-refractivity contribution in [1.82, 2.24) is 4.57 Å². The van der Waals surface area contributed by atoms with Gasteiger partial charge in [-0.25, -0.2) is 0 Å². The van der Waals surface area contributed by atoms with Crippen LogP contribution in [-0.2, 0) is 0 Å². The van der Waals surface area contributed by atoms with Crippen molar-refractivity contribution in [3.63, 3.8) is 0 Å². The molecule has 4 heteroatoms. The van der Waals surface area contributed by atoms with Crippen LogP contribution in [0, 0.1) is 6.92 Å². The summed E-state index contributed by atoms with van der Waals surface area (Å²) in [6, 6.07) is 12.6. The number of aromatic nitrogens is 1. The van der Waals surface area contributed by atoms with E-state index in [2.05, 4.69) is 31.2 Å². The van der Waals surface area contributed by atoms with Crippen LogP contribution < -0.4 is 0 Å². The second kappa shape index (κ2) is 4.55. The zero-order valence-corrected chi connectivity index (χ0v) is 13.3. The highest BCUT2D eigenvalue weighted by Gasteiger charge is 2.20. The molecule has 0 spiro atoms. The Morgan fingerprint density at radius 2 is 2.00 bits per heavy atom. The zero-order chi connectivity index (χ0) is 14.6. The van der Waals surface area contributed by atoms with Gasteiger partial charge in [-0.3, -0.25) is 9.36 Å². The van der Waals surface area contributed by atoms with Crippen LogP contribution in [0.4, 0.5) is 0 Å². The third kappa shape index (κ3) is 1.79. The molecule has 1 aromatic carbocycles. The SMILES string of the molecule is CC(=O)n1c(-c2cc3ccccc3s2)c(C)c2sccc21. The fraction of sp³-hybridized carbons (Fsp3) is 0.118. The van der Waals surface area contributed by atoms with Crippen molar-refractivity contribution >= 4 is 48.9 Å². The summed E-state index contributed by atoms with van der Waals surface area (Å²) in [6.45, 7) is 3.74. The number of benzene rings is 1. The predicted molar refractivity (Wildman–Crippen MR) is 91.7 cm³/mol. The van der Waals surface area contributed by atoms with E-state index < -0.39 is 0 Å². The summed E-state index contributed by atoms with van der Waals surface area (Å²) in [7, 11) is 0. The van der Waals surface area contributed by atoms with Gasteiger partial charge in [-0.15, -0.1) is 22.7 Å². The first-order chi connectivity index (χ1) is 10.2. The third-order valence-electron chi connectivity index (χ3n) is 3.78. The van der Waals surface area contributed by atoms with E-state index in [1.54, 1.807) is 29.6 Å². The number of thiophene rings is 2. The van der Waals surface area contributed by atoms with E-state index in [-0.39, 0.29) is 5.91 Å². The topological polar surface area (TPSA) is 22.0 Å². The zero-order valence-electron chi connectivity index (χ0n) is 11.7. The lowest BCUT2D eigenvalue weighted by atomic mass is 10.2. The van der Waals surface area contributed by atoms with Gasteiger partial charge in [-0.05, 0) is 41.5 Å². The molecule has 0 saturated carbocycles. The molecule has 0 saturated heterocycles. The van der Waals surface area contributed by atoms with Gasteiger partial charge in [0.05, 0.1) is 20.8 Å². The molecule has 0 bridgehead atoms. The van der Waals surface area contributed by atoms with Crippen LogP contribution in [0.3, 0.4) is 0 Å². The van der Waals surface area contributed by atoms with Gasteiger partial charge in [0.15, 0.2) is 0 Å². The third-order valence-corrected chi connectivity index (χ3v) is 5.92. The van der Waals surface area contributed by atoms with Crippen LogP contribution in [0.2, 0.25) is 0 Å². The summed E-state index contributed by atoms with van der Waals surface area (Å²) in [4.78, 5) is 13.3. The molecule has 4 rings (SSSR count). The number of fused-ring (bicyclic) bond motifs is 2. The molecule has 3 aromatic heterocycles. The van der Waals surface area contributed by atoms with Crippen LogP contribution in [-0.4, -0.2) is 10.5 Å². The van der Waals surface area contributed by atoms with E-state index >= 15 is 0 Å². The predicted octanol–water partition coefficient (Wildman–Crippen LogP) is 5.55. The number of carbonyl (C=O) groups excluding carboxylic acids is 1. The lowest BCUT2D eigenvalue weighted by Crippen LogP contribution is -2.06. The molecule has 0 aliphatic carbocycles. The summed E-state index contributed by atoms with van der Waals surface area (Å²) in [5.41, 5.74) is 3.27. The fourth-order valence-corrected chi connectivity index (χ4v) is 4.92. The summed E-state index contributed by atoms with van der Waals surface area (Å²) >= 11 is 3.45. The van der Waals surface area contributed by atoms with Crippen molar-refractivity contribution in [3.05, 3.63) is 47.3 Å². The maximum absolute atomic E-state index is 12.2. The Kier molecular flexibility index (Phi) is 2.77. The average Bonchev–Trinajstić information content (AvgIpc) is 3.13. The van der Waals surface area contributed by atoms with Crippen molar-refractivity contribution in [2.45, 2.75) is 13.8 Å². The van der Waals surface area contributed by atoms with E-state index in [9.17, 15) is 4.79 Å². The van der Waals surface area contributed by atoms with Crippen LogP contribution in [0.25, 0.3) is 30.9 Å². The number of rotatable bonds is 1. The Bertz CT molecular complexity index is 954. The van der Waals surface area contributed by atoms with Crippen molar-refractivity contribution in [3.8, 4) is 10.6 Å². The monoisotopic (exact) mass is 311 g/mol. The molecule has 0 aliphatic rings. The number of hydrogen-bond acceptors (Lipinski definition) is 3. The number of carbonyl (C=O) groups is 1. The number of nitrogens with zero attached hydrogens (tertiary/aromatic N) is 1. The molecular weight excluding hydrogens is 298 g/mol. The molecule has 0 N–H and O–H groups in total. The maximum atomic E-state index is 12.2. The molecule has 0 aliphatic heterocycles. The van der Waals surface area contributed by atoms with Gasteiger partial charge < -0.3 is 0 Å². The molecule has 0 atom stereocenters. The van der Waals surface area contributed by atoms with E-state index in [1.807, 2.05) is 22.1 Å². The molecule has 3 heterocycles. The summed E-state index contributed by atoms with van der Waals surface area (Å²) in [5.74, 6) is 0.0685. The summed E-state index contributed by atoms with van der Waals surface area (Å²) < 4.78 is 4.32. The van der Waals surface area contributed by atoms with Gasteiger partial charge in [0.25, 0.3) is 0 Å². The number of aryl methyl sites for hydroxylation is 1. The Hall–Kier alpha value is -1.91. The molecule has 0 amide bonds. The highest BCUT2D eigenvalue weighted by molar-refractivity contribution is 7.22. The van der Waals surface area contributed by atoms with Crippen LogP contribution in [0.15, 0.2) is 41.8 Å². The lowest BCUT2D eigenvalue weighted by molar-refractivity contribution is 0.0943. The first-order valence-electron chi connectivity index (χ1n) is 6.75. The Morgan fingerprint density at radius 3 is 2.76 bits per heavy atom. The largest absolute Gasteiger partial charge is 0.278 e. The minimum Gasteiger partial charge on any atom is -0.278 e. The van der Waals surface area contributed by atoms with E-state index in [4.69, 9.17) is 0 Å². The van der Waals surface area contributed by atoms with E-state index in [0.29, 0.717) is 0 Å². The highest BCUT2D eigenvalue weighted by atomic mass is 32.1. The molecule has 2 nitrogen and oxygen atoms in total. The van der Waals surface area contributed by atoms with Crippen molar-refractivity contribution < 1.29 is 4.79 Å². The van der Waals surface area contributed by atoms with Gasteiger partial charge in [-0.1, -0.05) is 18.2 Å².